The molecule has 0 heterocycles. The molecule has 0 aromatic heterocycles. The molecule has 1 aliphatic rings. The maximum absolute atomic E-state index is 12.3. The van der Waals surface area contributed by atoms with Crippen molar-refractivity contribution < 1.29 is 29.3 Å². The number of nitrogens with one attached hydrogen (secondary N) is 2. The van der Waals surface area contributed by atoms with E-state index in [1.165, 1.54) is 7.05 Å². The van der Waals surface area contributed by atoms with E-state index in [9.17, 15) is 19.5 Å². The van der Waals surface area contributed by atoms with Crippen molar-refractivity contribution in [3.8, 4) is 0 Å². The molecule has 1 fully saturated rings. The largest absolute Gasteiger partial charge is 0.481 e. The van der Waals surface area contributed by atoms with Gasteiger partial charge in [0.2, 0.25) is 5.91 Å². The quantitative estimate of drug-likeness (QED) is 0.513. The third-order valence-electron chi connectivity index (χ3n) is 4.77. The van der Waals surface area contributed by atoms with Gasteiger partial charge in [0.25, 0.3) is 0 Å². The summed E-state index contributed by atoms with van der Waals surface area (Å²) in [7, 11) is 1.44. The molecule has 4 atom stereocenters. The van der Waals surface area contributed by atoms with Crippen LogP contribution in [0.25, 0.3) is 0 Å². The Morgan fingerprint density at radius 3 is 2.38 bits per heavy atom. The van der Waals surface area contributed by atoms with Crippen molar-refractivity contribution in [3.63, 3.8) is 0 Å². The molecule has 0 aliphatic heterocycles. The standard InChI is InChI=1S/C18H24N2O6/c1-10-3-5-11(6-4-10)20-9-26-14-7-13(18(24)25)12(8-15(21)22)16(14)17(23)19-2/h3-6,12-14,16,20H,7-9H2,1-2H3,(H,19,23)(H,21,22)(H,24,25). The first-order valence-electron chi connectivity index (χ1n) is 8.41. The molecule has 8 heteroatoms. The van der Waals surface area contributed by atoms with Crippen LogP contribution in [0.3, 0.4) is 0 Å². The summed E-state index contributed by atoms with van der Waals surface area (Å²) >= 11 is 0. The average Bonchev–Trinajstić information content (AvgIpc) is 2.94. The minimum absolute atomic E-state index is 0.0906. The number of ether oxygens (including phenoxy) is 1. The van der Waals surface area contributed by atoms with Crippen LogP contribution in [0.1, 0.15) is 18.4 Å². The fourth-order valence-electron chi connectivity index (χ4n) is 3.46. The van der Waals surface area contributed by atoms with Gasteiger partial charge in [0.1, 0.15) is 6.73 Å². The number of carboxylic acid groups (broad SMARTS) is 2. The van der Waals surface area contributed by atoms with Crippen LogP contribution in [0, 0.1) is 24.7 Å². The van der Waals surface area contributed by atoms with Crippen LogP contribution in [0.2, 0.25) is 0 Å². The van der Waals surface area contributed by atoms with Gasteiger partial charge >= 0.3 is 11.9 Å². The van der Waals surface area contributed by atoms with E-state index >= 15 is 0 Å². The SMILES string of the molecule is CNC(=O)C1C(OCNc2ccc(C)cc2)CC(C(=O)O)C1CC(=O)O. The molecular formula is C18H24N2O6. The van der Waals surface area contributed by atoms with E-state index in [0.29, 0.717) is 0 Å². The fraction of sp³-hybridized carbons (Fsp3) is 0.500. The first-order chi connectivity index (χ1) is 12.3. The zero-order valence-electron chi connectivity index (χ0n) is 14.8. The lowest BCUT2D eigenvalue weighted by atomic mass is 9.85. The van der Waals surface area contributed by atoms with Gasteiger partial charge in [-0.3, -0.25) is 14.4 Å². The van der Waals surface area contributed by atoms with Gasteiger partial charge in [-0.05, 0) is 31.4 Å². The van der Waals surface area contributed by atoms with Crippen LogP contribution in [0.4, 0.5) is 5.69 Å². The highest BCUT2D eigenvalue weighted by atomic mass is 16.5. The van der Waals surface area contributed by atoms with E-state index in [0.717, 1.165) is 11.3 Å². The molecular weight excluding hydrogens is 340 g/mol. The van der Waals surface area contributed by atoms with Crippen molar-refractivity contribution >= 4 is 23.5 Å². The summed E-state index contributed by atoms with van der Waals surface area (Å²) in [6, 6.07) is 7.65. The van der Waals surface area contributed by atoms with E-state index in [1.54, 1.807) is 0 Å². The number of amides is 1. The van der Waals surface area contributed by atoms with E-state index in [-0.39, 0.29) is 19.6 Å². The molecule has 1 saturated carbocycles. The number of aliphatic carboxylic acids is 2. The van der Waals surface area contributed by atoms with Gasteiger partial charge in [-0.15, -0.1) is 0 Å². The smallest absolute Gasteiger partial charge is 0.306 e. The van der Waals surface area contributed by atoms with Gasteiger partial charge in [0.05, 0.1) is 17.9 Å². The molecule has 1 aromatic carbocycles. The molecule has 4 N–H and O–H groups in total. The topological polar surface area (TPSA) is 125 Å². The van der Waals surface area contributed by atoms with Crippen molar-refractivity contribution in [1.82, 2.24) is 5.32 Å². The molecule has 26 heavy (non-hydrogen) atoms. The van der Waals surface area contributed by atoms with Crippen molar-refractivity contribution in [2.45, 2.75) is 25.9 Å². The number of carboxylic acids is 2. The van der Waals surface area contributed by atoms with E-state index < -0.39 is 41.7 Å². The van der Waals surface area contributed by atoms with Gasteiger partial charge < -0.3 is 25.6 Å². The lowest BCUT2D eigenvalue weighted by Crippen LogP contribution is -2.39. The summed E-state index contributed by atoms with van der Waals surface area (Å²) in [5, 5.41) is 24.1. The molecule has 1 aromatic rings. The Hall–Kier alpha value is -2.61. The van der Waals surface area contributed by atoms with E-state index in [2.05, 4.69) is 10.6 Å². The third-order valence-corrected chi connectivity index (χ3v) is 4.77. The van der Waals surface area contributed by atoms with Gasteiger partial charge in [-0.1, -0.05) is 17.7 Å². The van der Waals surface area contributed by atoms with Gasteiger partial charge in [-0.25, -0.2) is 0 Å². The van der Waals surface area contributed by atoms with Crippen LogP contribution < -0.4 is 10.6 Å². The average molecular weight is 364 g/mol. The van der Waals surface area contributed by atoms with Crippen LogP contribution in [0.15, 0.2) is 24.3 Å². The predicted octanol–water partition coefficient (Wildman–Crippen LogP) is 1.31. The highest BCUT2D eigenvalue weighted by Crippen LogP contribution is 2.41. The highest BCUT2D eigenvalue weighted by molar-refractivity contribution is 5.83. The second-order valence-corrected chi connectivity index (χ2v) is 6.47. The molecule has 0 bridgehead atoms. The highest BCUT2D eigenvalue weighted by Gasteiger charge is 2.51. The van der Waals surface area contributed by atoms with Gasteiger partial charge in [0.15, 0.2) is 0 Å². The number of carbonyl (C=O) groups excluding carboxylic acids is 1. The van der Waals surface area contributed by atoms with Crippen molar-refractivity contribution in [1.29, 1.82) is 0 Å². The summed E-state index contributed by atoms with van der Waals surface area (Å²) in [6.45, 7) is 2.06. The minimum Gasteiger partial charge on any atom is -0.481 e. The molecule has 0 saturated heterocycles. The van der Waals surface area contributed by atoms with E-state index in [4.69, 9.17) is 9.84 Å². The van der Waals surface area contributed by atoms with Crippen LogP contribution >= 0.6 is 0 Å². The Bertz CT molecular complexity index is 660. The number of benzene rings is 1. The van der Waals surface area contributed by atoms with E-state index in [1.807, 2.05) is 31.2 Å². The van der Waals surface area contributed by atoms with Crippen LogP contribution in [0.5, 0.6) is 0 Å². The number of carbonyl (C=O) groups is 3. The predicted molar refractivity (Wildman–Crippen MR) is 93.6 cm³/mol. The first kappa shape index (κ1) is 19.7. The van der Waals surface area contributed by atoms with Crippen molar-refractivity contribution in [2.24, 2.45) is 17.8 Å². The molecule has 1 amide bonds. The lowest BCUT2D eigenvalue weighted by molar-refractivity contribution is -0.145. The van der Waals surface area contributed by atoms with Crippen molar-refractivity contribution in [2.75, 3.05) is 19.1 Å². The maximum atomic E-state index is 12.3. The molecule has 2 rings (SSSR count). The Labute approximate surface area is 151 Å². The second-order valence-electron chi connectivity index (χ2n) is 6.47. The summed E-state index contributed by atoms with van der Waals surface area (Å²) < 4.78 is 5.74. The third kappa shape index (κ3) is 4.72. The number of hydrogen-bond donors (Lipinski definition) is 4. The summed E-state index contributed by atoms with van der Waals surface area (Å²) in [6.07, 6.45) is -0.959. The zero-order valence-corrected chi connectivity index (χ0v) is 14.8. The molecule has 1 aliphatic carbocycles. The number of rotatable bonds is 8. The number of anilines is 1. The maximum Gasteiger partial charge on any atom is 0.306 e. The molecule has 142 valence electrons. The van der Waals surface area contributed by atoms with Gasteiger partial charge in [-0.2, -0.15) is 0 Å². The Kier molecular flexibility index (Phi) is 6.57. The molecule has 0 radical (unpaired) electrons. The minimum atomic E-state index is -1.13. The molecule has 4 unspecified atom stereocenters. The Morgan fingerprint density at radius 2 is 1.85 bits per heavy atom. The monoisotopic (exact) mass is 364 g/mol. The second kappa shape index (κ2) is 8.66. The Morgan fingerprint density at radius 1 is 1.19 bits per heavy atom. The molecule has 0 spiro atoms. The number of hydrogen-bond acceptors (Lipinski definition) is 5. The van der Waals surface area contributed by atoms with Crippen LogP contribution in [-0.2, 0) is 19.1 Å². The number of aryl methyl sites for hydroxylation is 1. The van der Waals surface area contributed by atoms with Crippen LogP contribution in [-0.4, -0.2) is 47.9 Å². The van der Waals surface area contributed by atoms with Crippen molar-refractivity contribution in [3.05, 3.63) is 29.8 Å². The summed E-state index contributed by atoms with van der Waals surface area (Å²) in [4.78, 5) is 34.9. The van der Waals surface area contributed by atoms with Gasteiger partial charge in [0, 0.05) is 19.2 Å². The lowest BCUT2D eigenvalue weighted by Gasteiger charge is -2.23. The normalized spacial score (nSPS) is 24.8. The summed E-state index contributed by atoms with van der Waals surface area (Å²) in [5.41, 5.74) is 1.95. The first-order valence-corrected chi connectivity index (χ1v) is 8.41. The Balaban J connectivity index is 2.08. The molecule has 8 nitrogen and oxygen atoms in total. The summed E-state index contributed by atoms with van der Waals surface area (Å²) in [5.74, 6) is -5.21. The zero-order chi connectivity index (χ0) is 19.3. The fourth-order valence-corrected chi connectivity index (χ4v) is 3.46.